The van der Waals surface area contributed by atoms with Gasteiger partial charge in [0.1, 0.15) is 0 Å². The molecular weight excluding hydrogens is 146 g/mol. The molecule has 11 heavy (non-hydrogen) atoms. The number of nitrogens with one attached hydrogen (secondary N) is 1. The molecule has 0 spiro atoms. The van der Waals surface area contributed by atoms with E-state index in [9.17, 15) is 9.59 Å². The van der Waals surface area contributed by atoms with Crippen molar-refractivity contribution in [2.45, 2.75) is 0 Å². The molecule has 0 aliphatic heterocycles. The Balaban J connectivity index is 3.96. The van der Waals surface area contributed by atoms with Crippen molar-refractivity contribution in [3.8, 4) is 0 Å². The van der Waals surface area contributed by atoms with Gasteiger partial charge in [-0.2, -0.15) is 0 Å². The highest BCUT2D eigenvalue weighted by molar-refractivity contribution is 5.74. The first-order valence-electron chi connectivity index (χ1n) is 2.94. The average molecular weight is 155 g/mol. The van der Waals surface area contributed by atoms with Gasteiger partial charge in [-0.1, -0.05) is 12.2 Å². The summed E-state index contributed by atoms with van der Waals surface area (Å²) >= 11 is 0. The van der Waals surface area contributed by atoms with E-state index < -0.39 is 11.9 Å². The van der Waals surface area contributed by atoms with Crippen molar-refractivity contribution in [3.63, 3.8) is 0 Å². The number of hydrogen-bond acceptors (Lipinski definition) is 2. The van der Waals surface area contributed by atoms with E-state index in [-0.39, 0.29) is 0 Å². The van der Waals surface area contributed by atoms with E-state index in [1.807, 2.05) is 0 Å². The van der Waals surface area contributed by atoms with E-state index >= 15 is 0 Å². The van der Waals surface area contributed by atoms with Crippen molar-refractivity contribution in [2.75, 3.05) is 0 Å². The number of carboxylic acid groups (broad SMARTS) is 1. The van der Waals surface area contributed by atoms with Gasteiger partial charge in [0, 0.05) is 6.20 Å². The second kappa shape index (κ2) is 5.22. The standard InChI is InChI=1S/C7H9NO3/c1-2-6(7(10)11)3-4-8-5-9/h2-6H,1H2,(H,8,9)(H,10,11). The predicted octanol–water partition coefficient (Wildman–Crippen LogP) is 0.133. The van der Waals surface area contributed by atoms with Crippen LogP contribution in [0, 0.1) is 5.92 Å². The SMILES string of the molecule is C=CC(C=CNC=O)C(=O)O. The number of hydrogen-bond donors (Lipinski definition) is 2. The quantitative estimate of drug-likeness (QED) is 0.438. The molecule has 0 aliphatic rings. The zero-order valence-corrected chi connectivity index (χ0v) is 5.86. The maximum absolute atomic E-state index is 10.3. The Kier molecular flexibility index (Phi) is 4.47. The molecule has 1 atom stereocenters. The molecule has 0 rings (SSSR count). The fraction of sp³-hybridized carbons (Fsp3) is 0.143. The Morgan fingerprint density at radius 3 is 2.64 bits per heavy atom. The van der Waals surface area contributed by atoms with Gasteiger partial charge in [-0.05, 0) is 0 Å². The van der Waals surface area contributed by atoms with Gasteiger partial charge in [0.2, 0.25) is 6.41 Å². The maximum Gasteiger partial charge on any atom is 0.314 e. The van der Waals surface area contributed by atoms with Crippen LogP contribution in [-0.4, -0.2) is 17.5 Å². The Morgan fingerprint density at radius 2 is 2.27 bits per heavy atom. The van der Waals surface area contributed by atoms with Crippen LogP contribution in [0.5, 0.6) is 0 Å². The number of rotatable bonds is 5. The molecule has 0 aromatic heterocycles. The van der Waals surface area contributed by atoms with Crippen LogP contribution in [0.4, 0.5) is 0 Å². The van der Waals surface area contributed by atoms with Crippen LogP contribution in [0.25, 0.3) is 0 Å². The monoisotopic (exact) mass is 155 g/mol. The molecule has 0 aliphatic carbocycles. The highest BCUT2D eigenvalue weighted by Gasteiger charge is 2.06. The van der Waals surface area contributed by atoms with E-state index in [1.54, 1.807) is 0 Å². The first-order valence-corrected chi connectivity index (χ1v) is 2.94. The molecule has 0 saturated carbocycles. The Hall–Kier alpha value is -1.58. The lowest BCUT2D eigenvalue weighted by Gasteiger charge is -1.97. The largest absolute Gasteiger partial charge is 0.481 e. The second-order valence-electron chi connectivity index (χ2n) is 1.74. The van der Waals surface area contributed by atoms with Crippen LogP contribution in [-0.2, 0) is 9.59 Å². The highest BCUT2D eigenvalue weighted by Crippen LogP contribution is 1.98. The molecule has 0 bridgehead atoms. The van der Waals surface area contributed by atoms with Gasteiger partial charge >= 0.3 is 5.97 Å². The molecule has 1 unspecified atom stereocenters. The number of aliphatic carboxylic acids is 1. The van der Waals surface area contributed by atoms with Crippen molar-refractivity contribution in [1.29, 1.82) is 0 Å². The number of carbonyl (C=O) groups is 2. The summed E-state index contributed by atoms with van der Waals surface area (Å²) in [7, 11) is 0. The molecule has 0 saturated heterocycles. The summed E-state index contributed by atoms with van der Waals surface area (Å²) in [6.45, 7) is 3.31. The summed E-state index contributed by atoms with van der Waals surface area (Å²) in [5.74, 6) is -1.74. The molecule has 0 fully saturated rings. The summed E-state index contributed by atoms with van der Waals surface area (Å²) in [6.07, 6.45) is 4.31. The third-order valence-corrected chi connectivity index (χ3v) is 1.01. The lowest BCUT2D eigenvalue weighted by molar-refractivity contribution is -0.138. The van der Waals surface area contributed by atoms with Gasteiger partial charge in [-0.25, -0.2) is 0 Å². The third-order valence-electron chi connectivity index (χ3n) is 1.01. The van der Waals surface area contributed by atoms with Crippen molar-refractivity contribution in [3.05, 3.63) is 24.9 Å². The lowest BCUT2D eigenvalue weighted by Crippen LogP contribution is -2.09. The van der Waals surface area contributed by atoms with Gasteiger partial charge in [-0.15, -0.1) is 6.58 Å². The Morgan fingerprint density at radius 1 is 1.64 bits per heavy atom. The summed E-state index contributed by atoms with van der Waals surface area (Å²) < 4.78 is 0. The molecule has 0 aromatic carbocycles. The fourth-order valence-corrected chi connectivity index (χ4v) is 0.460. The molecule has 0 radical (unpaired) electrons. The van der Waals surface area contributed by atoms with Crippen LogP contribution < -0.4 is 5.32 Å². The third kappa shape index (κ3) is 3.91. The van der Waals surface area contributed by atoms with Gasteiger partial charge in [0.05, 0.1) is 5.92 Å². The number of carboxylic acids is 1. The zero-order chi connectivity index (χ0) is 8.69. The first-order chi connectivity index (χ1) is 5.22. The molecule has 0 heterocycles. The van der Waals surface area contributed by atoms with Crippen LogP contribution in [0.2, 0.25) is 0 Å². The van der Waals surface area contributed by atoms with Gasteiger partial charge in [-0.3, -0.25) is 9.59 Å². The lowest BCUT2D eigenvalue weighted by atomic mass is 10.1. The first kappa shape index (κ1) is 9.42. The number of carbonyl (C=O) groups excluding carboxylic acids is 1. The molecule has 1 amide bonds. The van der Waals surface area contributed by atoms with E-state index in [2.05, 4.69) is 11.9 Å². The zero-order valence-electron chi connectivity index (χ0n) is 5.86. The molecule has 0 aromatic rings. The highest BCUT2D eigenvalue weighted by atomic mass is 16.4. The van der Waals surface area contributed by atoms with Crippen LogP contribution >= 0.6 is 0 Å². The topological polar surface area (TPSA) is 66.4 Å². The molecule has 60 valence electrons. The van der Waals surface area contributed by atoms with Crippen LogP contribution in [0.1, 0.15) is 0 Å². The summed E-state index contributed by atoms with van der Waals surface area (Å²) in [5.41, 5.74) is 0. The molecule has 2 N–H and O–H groups in total. The van der Waals surface area contributed by atoms with Gasteiger partial charge in [0.25, 0.3) is 0 Å². The van der Waals surface area contributed by atoms with Crippen molar-refractivity contribution in [2.24, 2.45) is 5.92 Å². The van der Waals surface area contributed by atoms with Crippen LogP contribution in [0.15, 0.2) is 24.9 Å². The smallest absolute Gasteiger partial charge is 0.314 e. The van der Waals surface area contributed by atoms with E-state index in [1.165, 1.54) is 18.4 Å². The minimum absolute atomic E-state index is 0.457. The maximum atomic E-state index is 10.3. The minimum Gasteiger partial charge on any atom is -0.481 e. The van der Waals surface area contributed by atoms with Crippen molar-refractivity contribution < 1.29 is 14.7 Å². The summed E-state index contributed by atoms with van der Waals surface area (Å²) in [5, 5.41) is 10.6. The van der Waals surface area contributed by atoms with E-state index in [0.29, 0.717) is 6.41 Å². The van der Waals surface area contributed by atoms with Gasteiger partial charge in [0.15, 0.2) is 0 Å². The fourth-order valence-electron chi connectivity index (χ4n) is 0.460. The van der Waals surface area contributed by atoms with Gasteiger partial charge < -0.3 is 10.4 Å². The molecule has 4 nitrogen and oxygen atoms in total. The number of amides is 1. The van der Waals surface area contributed by atoms with E-state index in [0.717, 1.165) is 0 Å². The second-order valence-corrected chi connectivity index (χ2v) is 1.74. The predicted molar refractivity (Wildman–Crippen MR) is 39.7 cm³/mol. The van der Waals surface area contributed by atoms with Crippen molar-refractivity contribution >= 4 is 12.4 Å². The molecule has 4 heteroatoms. The normalized spacial score (nSPS) is 12.4. The summed E-state index contributed by atoms with van der Waals surface area (Å²) in [6, 6.07) is 0. The average Bonchev–Trinajstić information content (AvgIpc) is 1.97. The van der Waals surface area contributed by atoms with Crippen molar-refractivity contribution in [1.82, 2.24) is 5.32 Å². The molecular formula is C7H9NO3. The van der Waals surface area contributed by atoms with Crippen LogP contribution in [0.3, 0.4) is 0 Å². The van der Waals surface area contributed by atoms with E-state index in [4.69, 9.17) is 5.11 Å². The Bertz CT molecular complexity index is 186. The Labute approximate surface area is 64.2 Å². The minimum atomic E-state index is -0.996. The summed E-state index contributed by atoms with van der Waals surface area (Å²) in [4.78, 5) is 20.0.